The topological polar surface area (TPSA) is 29.1 Å². The molecule has 1 unspecified atom stereocenters. The largest absolute Gasteiger partial charge is 0.344 e. The summed E-state index contributed by atoms with van der Waals surface area (Å²) in [7, 11) is 0. The normalized spacial score (nSPS) is 14.3. The average Bonchev–Trinajstić information content (AvgIpc) is 2.27. The molecule has 0 heterocycles. The molecule has 0 spiro atoms. The first-order valence-corrected chi connectivity index (χ1v) is 7.68. The number of nitrogens with one attached hydrogen (secondary N) is 1. The molecular weight excluding hydrogens is 337 g/mol. The Labute approximate surface area is 124 Å². The van der Waals surface area contributed by atoms with E-state index in [1.54, 1.807) is 0 Å². The molecule has 0 aliphatic heterocycles. The Hall–Kier alpha value is -0.580. The number of carbonyl (C=O) groups excluding carboxylic acids is 1. The third-order valence-corrected chi connectivity index (χ3v) is 3.17. The third-order valence-electron chi connectivity index (χ3n) is 2.86. The Morgan fingerprint density at radius 2 is 1.72 bits per heavy atom. The molecule has 18 heavy (non-hydrogen) atoms. The Morgan fingerprint density at radius 3 is 2.17 bits per heavy atom. The van der Waals surface area contributed by atoms with Crippen LogP contribution in [0, 0.1) is 5.92 Å². The van der Waals surface area contributed by atoms with Crippen molar-refractivity contribution in [2.75, 3.05) is 0 Å². The summed E-state index contributed by atoms with van der Waals surface area (Å²) < 4.78 is 0.165. The molecule has 1 amide bonds. The number of benzene rings is 1. The number of rotatable bonds is 5. The smallest absolute Gasteiger partial charge is 0.228 e. The van der Waals surface area contributed by atoms with Crippen LogP contribution in [0.15, 0.2) is 24.3 Å². The molecule has 0 fully saturated rings. The first-order valence-electron chi connectivity index (χ1n) is 6.43. The van der Waals surface area contributed by atoms with Crippen molar-refractivity contribution in [3.8, 4) is 0 Å². The molecule has 3 heteroatoms. The molecule has 2 nitrogen and oxygen atoms in total. The van der Waals surface area contributed by atoms with E-state index in [2.05, 4.69) is 66.0 Å². The minimum Gasteiger partial charge on any atom is -0.344 e. The van der Waals surface area contributed by atoms with Crippen LogP contribution in [0.25, 0.3) is 0 Å². The van der Waals surface area contributed by atoms with Crippen LogP contribution in [0.1, 0.15) is 44.7 Å². The summed E-state index contributed by atoms with van der Waals surface area (Å²) in [6, 6.07) is 8.40. The zero-order valence-corrected chi connectivity index (χ0v) is 13.7. The van der Waals surface area contributed by atoms with Crippen LogP contribution >= 0.6 is 22.6 Å². The second kappa shape index (κ2) is 7.12. The third kappa shape index (κ3) is 4.96. The molecule has 0 bridgehead atoms. The van der Waals surface area contributed by atoms with Gasteiger partial charge < -0.3 is 5.32 Å². The number of carbonyl (C=O) groups is 1. The minimum atomic E-state index is -0.0877. The monoisotopic (exact) mass is 359 g/mol. The maximum absolute atomic E-state index is 11.9. The van der Waals surface area contributed by atoms with Crippen molar-refractivity contribution in [3.05, 3.63) is 35.4 Å². The van der Waals surface area contributed by atoms with Gasteiger partial charge in [-0.1, -0.05) is 60.7 Å². The predicted octanol–water partition coefficient (Wildman–Crippen LogP) is 3.89. The maximum Gasteiger partial charge on any atom is 0.228 e. The van der Waals surface area contributed by atoms with Crippen molar-refractivity contribution >= 4 is 28.5 Å². The zero-order valence-electron chi connectivity index (χ0n) is 11.5. The molecule has 2 atom stereocenters. The second-order valence-corrected chi connectivity index (χ2v) is 7.05. The zero-order chi connectivity index (χ0) is 13.7. The minimum absolute atomic E-state index is 0.0877. The summed E-state index contributed by atoms with van der Waals surface area (Å²) in [4.78, 5) is 11.9. The predicted molar refractivity (Wildman–Crippen MR) is 85.0 cm³/mol. The van der Waals surface area contributed by atoms with Gasteiger partial charge in [-0.3, -0.25) is 4.79 Å². The molecule has 0 aromatic heterocycles. The summed E-state index contributed by atoms with van der Waals surface area (Å²) in [5.74, 6) is 0.667. The van der Waals surface area contributed by atoms with Crippen LogP contribution in [-0.2, 0) is 11.2 Å². The van der Waals surface area contributed by atoms with Gasteiger partial charge in [-0.15, -0.1) is 0 Å². The molecule has 1 rings (SSSR count). The number of halogens is 1. The van der Waals surface area contributed by atoms with Gasteiger partial charge in [0, 0.05) is 0 Å². The summed E-state index contributed by atoms with van der Waals surface area (Å²) >= 11 is 2.20. The van der Waals surface area contributed by atoms with Crippen LogP contribution in [0.2, 0.25) is 0 Å². The molecule has 0 aliphatic rings. The van der Waals surface area contributed by atoms with Crippen LogP contribution in [0.4, 0.5) is 0 Å². The van der Waals surface area contributed by atoms with E-state index in [1.165, 1.54) is 5.56 Å². The van der Waals surface area contributed by atoms with Gasteiger partial charge >= 0.3 is 0 Å². The number of hydrogen-bond acceptors (Lipinski definition) is 1. The van der Waals surface area contributed by atoms with E-state index in [1.807, 2.05) is 13.8 Å². The fourth-order valence-corrected chi connectivity index (χ4v) is 2.19. The summed E-state index contributed by atoms with van der Waals surface area (Å²) in [5.41, 5.74) is 2.42. The number of amides is 1. The van der Waals surface area contributed by atoms with Gasteiger partial charge in [0.2, 0.25) is 5.91 Å². The van der Waals surface area contributed by atoms with Crippen molar-refractivity contribution in [2.24, 2.45) is 5.92 Å². The Morgan fingerprint density at radius 1 is 1.17 bits per heavy atom. The average molecular weight is 359 g/mol. The molecule has 100 valence electrons. The van der Waals surface area contributed by atoms with Gasteiger partial charge in [-0.25, -0.2) is 0 Å². The lowest BCUT2D eigenvalue weighted by molar-refractivity contribution is -0.122. The first kappa shape index (κ1) is 15.5. The standard InChI is InChI=1S/C15H22INO/c1-10(2)9-13-5-7-14(8-6-13)11(3)15(18)17-12(4)16/h5-8,10-12H,9H2,1-4H3,(H,17,18)/t11-,12?/m1/s1. The van der Waals surface area contributed by atoms with E-state index in [0.717, 1.165) is 12.0 Å². The van der Waals surface area contributed by atoms with Crippen molar-refractivity contribution in [1.82, 2.24) is 5.32 Å². The van der Waals surface area contributed by atoms with E-state index < -0.39 is 0 Å². The van der Waals surface area contributed by atoms with Gasteiger partial charge in [0.05, 0.1) is 9.97 Å². The van der Waals surface area contributed by atoms with Crippen molar-refractivity contribution in [3.63, 3.8) is 0 Å². The molecule has 1 aromatic carbocycles. The Kier molecular flexibility index (Phi) is 6.12. The maximum atomic E-state index is 11.9. The highest BCUT2D eigenvalue weighted by atomic mass is 127. The van der Waals surface area contributed by atoms with E-state index in [0.29, 0.717) is 5.92 Å². The highest BCUT2D eigenvalue weighted by Crippen LogP contribution is 2.18. The quantitative estimate of drug-likeness (QED) is 0.483. The van der Waals surface area contributed by atoms with Crippen molar-refractivity contribution in [1.29, 1.82) is 0 Å². The van der Waals surface area contributed by atoms with Crippen LogP contribution in [0.5, 0.6) is 0 Å². The highest BCUT2D eigenvalue weighted by molar-refractivity contribution is 14.1. The summed E-state index contributed by atoms with van der Waals surface area (Å²) in [6.07, 6.45) is 1.09. The van der Waals surface area contributed by atoms with Crippen LogP contribution in [-0.4, -0.2) is 9.96 Å². The van der Waals surface area contributed by atoms with Gasteiger partial charge in [0.15, 0.2) is 0 Å². The Balaban J connectivity index is 2.69. The van der Waals surface area contributed by atoms with Crippen molar-refractivity contribution in [2.45, 2.75) is 44.1 Å². The van der Waals surface area contributed by atoms with Crippen molar-refractivity contribution < 1.29 is 4.79 Å². The number of alkyl halides is 1. The summed E-state index contributed by atoms with van der Waals surface area (Å²) in [6.45, 7) is 8.35. The van der Waals surface area contributed by atoms with Gasteiger partial charge in [-0.05, 0) is 37.3 Å². The number of hydrogen-bond donors (Lipinski definition) is 1. The van der Waals surface area contributed by atoms with Crippen LogP contribution < -0.4 is 5.32 Å². The lowest BCUT2D eigenvalue weighted by Crippen LogP contribution is -2.31. The van der Waals surface area contributed by atoms with E-state index >= 15 is 0 Å². The molecular formula is C15H22INO. The van der Waals surface area contributed by atoms with Gasteiger partial charge in [0.25, 0.3) is 0 Å². The Bertz CT molecular complexity index is 384. The lowest BCUT2D eigenvalue weighted by Gasteiger charge is -2.14. The molecule has 1 N–H and O–H groups in total. The molecule has 0 saturated heterocycles. The van der Waals surface area contributed by atoms with Gasteiger partial charge in [0.1, 0.15) is 0 Å². The summed E-state index contributed by atoms with van der Waals surface area (Å²) in [5, 5.41) is 2.94. The SMILES string of the molecule is CC(C)Cc1ccc([C@@H](C)C(=O)NC(C)I)cc1. The fourth-order valence-electron chi connectivity index (χ4n) is 1.89. The fraction of sp³-hybridized carbons (Fsp3) is 0.533. The van der Waals surface area contributed by atoms with E-state index in [9.17, 15) is 4.79 Å². The molecule has 0 radical (unpaired) electrons. The van der Waals surface area contributed by atoms with Crippen LogP contribution in [0.3, 0.4) is 0 Å². The second-order valence-electron chi connectivity index (χ2n) is 5.19. The lowest BCUT2D eigenvalue weighted by atomic mass is 9.96. The molecule has 0 saturated carbocycles. The molecule has 1 aromatic rings. The van der Waals surface area contributed by atoms with Gasteiger partial charge in [-0.2, -0.15) is 0 Å². The van der Waals surface area contributed by atoms with E-state index in [-0.39, 0.29) is 15.9 Å². The molecule has 0 aliphatic carbocycles. The van der Waals surface area contributed by atoms with E-state index in [4.69, 9.17) is 0 Å². The highest BCUT2D eigenvalue weighted by Gasteiger charge is 2.15. The first-order chi connectivity index (χ1) is 8.40.